The zero-order chi connectivity index (χ0) is 16.5. The molecule has 1 amide bonds. The molecule has 0 aliphatic heterocycles. The molecule has 1 aromatic carbocycles. The highest BCUT2D eigenvalue weighted by Gasteiger charge is 2.05. The summed E-state index contributed by atoms with van der Waals surface area (Å²) in [5.41, 5.74) is 2.60. The maximum absolute atomic E-state index is 11.7. The second kappa shape index (κ2) is 9.35. The third-order valence-electron chi connectivity index (χ3n) is 3.32. The van der Waals surface area contributed by atoms with E-state index in [0.29, 0.717) is 31.1 Å². The quantitative estimate of drug-likeness (QED) is 0.714. The summed E-state index contributed by atoms with van der Waals surface area (Å²) in [6.07, 6.45) is 1.87. The molecule has 1 heterocycles. The minimum absolute atomic E-state index is 0.0807. The number of carbonyl (C=O) groups is 1. The molecule has 0 radical (unpaired) electrons. The van der Waals surface area contributed by atoms with E-state index in [9.17, 15) is 4.79 Å². The normalized spacial score (nSPS) is 10.7. The molecule has 0 saturated carbocycles. The number of benzene rings is 1. The largest absolute Gasteiger partial charge is 0.355 e. The number of nitrogens with zero attached hydrogens (tertiary/aromatic N) is 2. The first-order valence-corrected chi connectivity index (χ1v) is 8.98. The van der Waals surface area contributed by atoms with Gasteiger partial charge in [-0.25, -0.2) is 0 Å². The maximum atomic E-state index is 11.7. The van der Waals surface area contributed by atoms with E-state index in [4.69, 9.17) is 4.52 Å². The van der Waals surface area contributed by atoms with Gasteiger partial charge in [0, 0.05) is 30.9 Å². The Labute approximate surface area is 141 Å². The SMILES string of the molecule is Cc1ccc(CSCCNC(=O)CCCc2nc(C)no2)cc1. The first-order chi connectivity index (χ1) is 11.1. The minimum Gasteiger partial charge on any atom is -0.355 e. The number of aromatic nitrogens is 2. The monoisotopic (exact) mass is 333 g/mol. The second-order valence-electron chi connectivity index (χ2n) is 5.48. The molecule has 6 heteroatoms. The Morgan fingerprint density at radius 1 is 1.26 bits per heavy atom. The third kappa shape index (κ3) is 6.86. The molecular weight excluding hydrogens is 310 g/mol. The molecule has 0 bridgehead atoms. The van der Waals surface area contributed by atoms with Crippen LogP contribution in [-0.4, -0.2) is 28.3 Å². The highest BCUT2D eigenvalue weighted by molar-refractivity contribution is 7.98. The summed E-state index contributed by atoms with van der Waals surface area (Å²) in [5, 5.41) is 6.67. The Balaban J connectivity index is 1.50. The summed E-state index contributed by atoms with van der Waals surface area (Å²) in [6, 6.07) is 8.56. The van der Waals surface area contributed by atoms with E-state index in [1.54, 1.807) is 6.92 Å². The first kappa shape index (κ1) is 17.5. The zero-order valence-electron chi connectivity index (χ0n) is 13.7. The molecule has 124 valence electrons. The van der Waals surface area contributed by atoms with Crippen molar-refractivity contribution in [1.82, 2.24) is 15.5 Å². The van der Waals surface area contributed by atoms with Gasteiger partial charge >= 0.3 is 0 Å². The molecule has 2 aromatic rings. The van der Waals surface area contributed by atoms with Crippen LogP contribution in [-0.2, 0) is 17.0 Å². The average molecular weight is 333 g/mol. The van der Waals surface area contributed by atoms with Crippen molar-refractivity contribution in [2.75, 3.05) is 12.3 Å². The summed E-state index contributed by atoms with van der Waals surface area (Å²) in [5.74, 6) is 3.21. The standard InChI is InChI=1S/C17H23N3O2S/c1-13-6-8-15(9-7-13)12-23-11-10-18-16(21)4-3-5-17-19-14(2)20-22-17/h6-9H,3-5,10-12H2,1-2H3,(H,18,21). The van der Waals surface area contributed by atoms with Crippen molar-refractivity contribution in [2.45, 2.75) is 38.9 Å². The van der Waals surface area contributed by atoms with Crippen molar-refractivity contribution in [3.05, 3.63) is 47.1 Å². The summed E-state index contributed by atoms with van der Waals surface area (Å²) in [4.78, 5) is 15.8. The lowest BCUT2D eigenvalue weighted by Crippen LogP contribution is -2.25. The van der Waals surface area contributed by atoms with E-state index in [-0.39, 0.29) is 5.91 Å². The number of carbonyl (C=O) groups excluding carboxylic acids is 1. The molecular formula is C17H23N3O2S. The van der Waals surface area contributed by atoms with Gasteiger partial charge in [0.05, 0.1) is 0 Å². The fourth-order valence-corrected chi connectivity index (χ4v) is 2.89. The Hall–Kier alpha value is -1.82. The molecule has 1 N–H and O–H groups in total. The molecule has 0 aliphatic carbocycles. The average Bonchev–Trinajstić information content (AvgIpc) is 2.94. The molecule has 2 rings (SSSR count). The summed E-state index contributed by atoms with van der Waals surface area (Å²) < 4.78 is 5.01. The van der Waals surface area contributed by atoms with Gasteiger partial charge < -0.3 is 9.84 Å². The van der Waals surface area contributed by atoms with Crippen LogP contribution in [0.15, 0.2) is 28.8 Å². The second-order valence-corrected chi connectivity index (χ2v) is 6.58. The smallest absolute Gasteiger partial charge is 0.226 e. The highest BCUT2D eigenvalue weighted by Crippen LogP contribution is 2.12. The number of hydrogen-bond acceptors (Lipinski definition) is 5. The number of amides is 1. The number of nitrogens with one attached hydrogen (secondary N) is 1. The zero-order valence-corrected chi connectivity index (χ0v) is 14.5. The van der Waals surface area contributed by atoms with E-state index >= 15 is 0 Å². The fraction of sp³-hybridized carbons (Fsp3) is 0.471. The van der Waals surface area contributed by atoms with Gasteiger partial charge in [0.15, 0.2) is 5.82 Å². The summed E-state index contributed by atoms with van der Waals surface area (Å²) in [7, 11) is 0. The van der Waals surface area contributed by atoms with Gasteiger partial charge in [0.1, 0.15) is 0 Å². The molecule has 1 aromatic heterocycles. The van der Waals surface area contributed by atoms with Crippen LogP contribution >= 0.6 is 11.8 Å². The van der Waals surface area contributed by atoms with Gasteiger partial charge in [-0.2, -0.15) is 16.7 Å². The Morgan fingerprint density at radius 2 is 2.04 bits per heavy atom. The molecule has 0 atom stereocenters. The predicted octanol–water partition coefficient (Wildman–Crippen LogP) is 3.06. The van der Waals surface area contributed by atoms with Gasteiger partial charge in [0.25, 0.3) is 0 Å². The van der Waals surface area contributed by atoms with Gasteiger partial charge in [-0.15, -0.1) is 0 Å². The number of thioether (sulfide) groups is 1. The van der Waals surface area contributed by atoms with Crippen molar-refractivity contribution >= 4 is 17.7 Å². The topological polar surface area (TPSA) is 68.0 Å². The minimum atomic E-state index is 0.0807. The van der Waals surface area contributed by atoms with Crippen LogP contribution in [0.1, 0.15) is 35.7 Å². The van der Waals surface area contributed by atoms with Gasteiger partial charge in [-0.3, -0.25) is 4.79 Å². The van der Waals surface area contributed by atoms with Crippen LogP contribution in [0.5, 0.6) is 0 Å². The maximum Gasteiger partial charge on any atom is 0.226 e. The van der Waals surface area contributed by atoms with Crippen molar-refractivity contribution in [3.8, 4) is 0 Å². The summed E-state index contributed by atoms with van der Waals surface area (Å²) in [6.45, 7) is 4.58. The molecule has 0 saturated heterocycles. The van der Waals surface area contributed by atoms with Crippen molar-refractivity contribution in [2.24, 2.45) is 0 Å². The Bertz CT molecular complexity index is 611. The van der Waals surface area contributed by atoms with Crippen molar-refractivity contribution in [1.29, 1.82) is 0 Å². The number of aryl methyl sites for hydroxylation is 3. The van der Waals surface area contributed by atoms with E-state index in [1.807, 2.05) is 11.8 Å². The molecule has 0 unspecified atom stereocenters. The lowest BCUT2D eigenvalue weighted by atomic mass is 10.2. The summed E-state index contributed by atoms with van der Waals surface area (Å²) >= 11 is 1.83. The van der Waals surface area contributed by atoms with Gasteiger partial charge in [-0.05, 0) is 25.8 Å². The van der Waals surface area contributed by atoms with Gasteiger partial charge in [0.2, 0.25) is 11.8 Å². The first-order valence-electron chi connectivity index (χ1n) is 7.82. The van der Waals surface area contributed by atoms with Crippen LogP contribution in [0, 0.1) is 13.8 Å². The fourth-order valence-electron chi connectivity index (χ4n) is 2.07. The highest BCUT2D eigenvalue weighted by atomic mass is 32.2. The van der Waals surface area contributed by atoms with E-state index in [2.05, 4.69) is 46.6 Å². The van der Waals surface area contributed by atoms with E-state index in [0.717, 1.165) is 17.9 Å². The molecule has 0 fully saturated rings. The van der Waals surface area contributed by atoms with Crippen molar-refractivity contribution in [3.63, 3.8) is 0 Å². The number of rotatable bonds is 9. The van der Waals surface area contributed by atoms with Crippen LogP contribution in [0.2, 0.25) is 0 Å². The van der Waals surface area contributed by atoms with Crippen molar-refractivity contribution < 1.29 is 9.32 Å². The van der Waals surface area contributed by atoms with Crippen LogP contribution < -0.4 is 5.32 Å². The third-order valence-corrected chi connectivity index (χ3v) is 4.35. The van der Waals surface area contributed by atoms with Crippen LogP contribution in [0.3, 0.4) is 0 Å². The number of hydrogen-bond donors (Lipinski definition) is 1. The predicted molar refractivity (Wildman–Crippen MR) is 92.3 cm³/mol. The van der Waals surface area contributed by atoms with Gasteiger partial charge in [-0.1, -0.05) is 35.0 Å². The molecule has 0 aliphatic rings. The van der Waals surface area contributed by atoms with E-state index < -0.39 is 0 Å². The molecule has 0 spiro atoms. The lowest BCUT2D eigenvalue weighted by Gasteiger charge is -2.05. The Morgan fingerprint density at radius 3 is 2.74 bits per heavy atom. The lowest BCUT2D eigenvalue weighted by molar-refractivity contribution is -0.121. The Kier molecular flexibility index (Phi) is 7.13. The van der Waals surface area contributed by atoms with Crippen LogP contribution in [0.4, 0.5) is 0 Å². The molecule has 5 nitrogen and oxygen atoms in total. The van der Waals surface area contributed by atoms with E-state index in [1.165, 1.54) is 11.1 Å². The van der Waals surface area contributed by atoms with Crippen LogP contribution in [0.25, 0.3) is 0 Å². The molecule has 23 heavy (non-hydrogen) atoms.